The van der Waals surface area contributed by atoms with Crippen LogP contribution in [0.5, 0.6) is 0 Å². The average molecular weight is 501 g/mol. The molecule has 0 saturated carbocycles. The van der Waals surface area contributed by atoms with Crippen molar-refractivity contribution in [2.24, 2.45) is 0 Å². The third kappa shape index (κ3) is 3.16. The van der Waals surface area contributed by atoms with Crippen molar-refractivity contribution in [1.82, 2.24) is 5.32 Å². The predicted octanol–water partition coefficient (Wildman–Crippen LogP) is 3.62. The number of rotatable bonds is 2. The van der Waals surface area contributed by atoms with Crippen LogP contribution >= 0.6 is 38.5 Å². The van der Waals surface area contributed by atoms with Crippen molar-refractivity contribution in [2.75, 3.05) is 4.90 Å². The van der Waals surface area contributed by atoms with Gasteiger partial charge in [-0.15, -0.1) is 0 Å². The molecule has 1 aliphatic rings. The minimum atomic E-state index is -0.780. The first-order valence-corrected chi connectivity index (χ1v) is 8.67. The van der Waals surface area contributed by atoms with Gasteiger partial charge in [-0.2, -0.15) is 0 Å². The van der Waals surface area contributed by atoms with Gasteiger partial charge >= 0.3 is 6.03 Å². The number of anilines is 1. The smallest absolute Gasteiger partial charge is 0.335 e. The van der Waals surface area contributed by atoms with E-state index in [-0.39, 0.29) is 5.57 Å². The number of benzene rings is 1. The van der Waals surface area contributed by atoms with Crippen LogP contribution in [0, 0.1) is 10.7 Å². The fourth-order valence-electron chi connectivity index (χ4n) is 2.21. The number of nitrogens with zero attached hydrogens (tertiary/aromatic N) is 1. The third-order valence-electron chi connectivity index (χ3n) is 3.38. The van der Waals surface area contributed by atoms with E-state index in [1.807, 2.05) is 29.5 Å². The van der Waals surface area contributed by atoms with E-state index < -0.39 is 17.8 Å². The minimum Gasteiger partial charge on any atom is -0.451 e. The van der Waals surface area contributed by atoms with Gasteiger partial charge in [0.05, 0.1) is 5.69 Å². The molecule has 0 aliphatic carbocycles. The summed E-state index contributed by atoms with van der Waals surface area (Å²) >= 11 is 5.35. The maximum Gasteiger partial charge on any atom is 0.335 e. The van der Waals surface area contributed by atoms with Gasteiger partial charge in [0.1, 0.15) is 11.3 Å². The zero-order chi connectivity index (χ0) is 17.4. The number of barbiturate groups is 1. The van der Waals surface area contributed by atoms with Crippen LogP contribution in [-0.4, -0.2) is 17.8 Å². The van der Waals surface area contributed by atoms with Crippen LogP contribution in [0.15, 0.2) is 44.8 Å². The lowest BCUT2D eigenvalue weighted by Crippen LogP contribution is -2.54. The highest BCUT2D eigenvalue weighted by Crippen LogP contribution is 2.26. The van der Waals surface area contributed by atoms with E-state index in [0.29, 0.717) is 15.2 Å². The van der Waals surface area contributed by atoms with Crippen molar-refractivity contribution in [1.29, 1.82) is 0 Å². The molecule has 1 aliphatic heterocycles. The predicted molar refractivity (Wildman–Crippen MR) is 99.3 cm³/mol. The summed E-state index contributed by atoms with van der Waals surface area (Å²) in [5.74, 6) is -1.09. The van der Waals surface area contributed by atoms with Gasteiger partial charge in [-0.3, -0.25) is 14.9 Å². The summed E-state index contributed by atoms with van der Waals surface area (Å²) in [7, 11) is 0. The molecular weight excluding hydrogens is 491 g/mol. The Hall–Kier alpha value is -1.94. The Balaban J connectivity index is 2.02. The molecule has 2 heterocycles. The van der Waals surface area contributed by atoms with Gasteiger partial charge in [0, 0.05) is 4.47 Å². The van der Waals surface area contributed by atoms with Gasteiger partial charge in [0.25, 0.3) is 11.8 Å². The maximum atomic E-state index is 12.7. The van der Waals surface area contributed by atoms with E-state index in [0.717, 1.165) is 14.9 Å². The van der Waals surface area contributed by atoms with E-state index in [9.17, 15) is 14.4 Å². The summed E-state index contributed by atoms with van der Waals surface area (Å²) in [6.45, 7) is 1.84. The lowest BCUT2D eigenvalue weighted by molar-refractivity contribution is -0.122. The average Bonchev–Trinajstić information content (AvgIpc) is 2.92. The number of nitrogens with one attached hydrogen (secondary N) is 1. The Morgan fingerprint density at radius 2 is 1.96 bits per heavy atom. The van der Waals surface area contributed by atoms with E-state index in [2.05, 4.69) is 21.2 Å². The molecule has 6 nitrogen and oxygen atoms in total. The number of carbonyl (C=O) groups is 3. The molecule has 8 heteroatoms. The first-order chi connectivity index (χ1) is 11.4. The lowest BCUT2D eigenvalue weighted by atomic mass is 10.1. The van der Waals surface area contributed by atoms with Gasteiger partial charge in [-0.25, -0.2) is 9.69 Å². The number of amides is 4. The summed E-state index contributed by atoms with van der Waals surface area (Å²) in [6.07, 6.45) is 1.32. The number of imide groups is 2. The molecular formula is C16H10BrIN2O4. The molecule has 0 atom stereocenters. The maximum absolute atomic E-state index is 12.7. The molecule has 1 saturated heterocycles. The van der Waals surface area contributed by atoms with Crippen molar-refractivity contribution in [2.45, 2.75) is 6.92 Å². The first-order valence-electron chi connectivity index (χ1n) is 6.80. The quantitative estimate of drug-likeness (QED) is 0.388. The summed E-state index contributed by atoms with van der Waals surface area (Å²) < 4.78 is 6.83. The second-order valence-corrected chi connectivity index (χ2v) is 6.95. The van der Waals surface area contributed by atoms with Gasteiger partial charge in [-0.05, 0) is 71.5 Å². The van der Waals surface area contributed by atoms with Crippen LogP contribution < -0.4 is 10.2 Å². The standard InChI is InChI=1S/C16H10BrIN2O4/c1-8-6-9(2-4-12(8)17)20-15(22)11(14(21)19-16(20)23)7-10-3-5-13(18)24-10/h2-7H,1H3,(H,19,21,23)/b11-7+. The first kappa shape index (κ1) is 16.9. The van der Waals surface area contributed by atoms with Crippen LogP contribution in [0.1, 0.15) is 11.3 Å². The summed E-state index contributed by atoms with van der Waals surface area (Å²) in [5, 5.41) is 2.17. The van der Waals surface area contributed by atoms with Crippen molar-refractivity contribution < 1.29 is 18.8 Å². The largest absolute Gasteiger partial charge is 0.451 e. The van der Waals surface area contributed by atoms with Crippen LogP contribution in [-0.2, 0) is 9.59 Å². The van der Waals surface area contributed by atoms with Gasteiger partial charge < -0.3 is 4.42 Å². The van der Waals surface area contributed by atoms with Crippen molar-refractivity contribution in [3.63, 3.8) is 0 Å². The summed E-state index contributed by atoms with van der Waals surface area (Å²) in [6, 6.07) is 7.61. The Kier molecular flexibility index (Phi) is 4.59. The highest BCUT2D eigenvalue weighted by Gasteiger charge is 2.37. The Morgan fingerprint density at radius 3 is 2.58 bits per heavy atom. The fraction of sp³-hybridized carbons (Fsp3) is 0.0625. The zero-order valence-corrected chi connectivity index (χ0v) is 16.0. The summed E-state index contributed by atoms with van der Waals surface area (Å²) in [5.41, 5.74) is 1.07. The molecule has 4 amide bonds. The highest BCUT2D eigenvalue weighted by atomic mass is 127. The number of aryl methyl sites for hydroxylation is 1. The number of furan rings is 1. The van der Waals surface area contributed by atoms with Crippen molar-refractivity contribution >= 4 is 68.1 Å². The Morgan fingerprint density at radius 1 is 1.21 bits per heavy atom. The number of halogens is 2. The zero-order valence-electron chi connectivity index (χ0n) is 12.3. The number of hydrogen-bond acceptors (Lipinski definition) is 4. The number of urea groups is 1. The molecule has 1 aromatic heterocycles. The van der Waals surface area contributed by atoms with Crippen LogP contribution in [0.3, 0.4) is 0 Å². The van der Waals surface area contributed by atoms with Crippen LogP contribution in [0.2, 0.25) is 0 Å². The van der Waals surface area contributed by atoms with Crippen LogP contribution in [0.4, 0.5) is 10.5 Å². The fourth-order valence-corrected chi connectivity index (χ4v) is 2.89. The van der Waals surface area contributed by atoms with Gasteiger partial charge in [-0.1, -0.05) is 15.9 Å². The molecule has 24 heavy (non-hydrogen) atoms. The Bertz CT molecular complexity index is 903. The molecule has 1 N–H and O–H groups in total. The molecule has 122 valence electrons. The Labute approximate surface area is 159 Å². The second-order valence-electron chi connectivity index (χ2n) is 5.03. The molecule has 0 spiro atoms. The molecule has 1 fully saturated rings. The second kappa shape index (κ2) is 6.52. The molecule has 0 bridgehead atoms. The van der Waals surface area contributed by atoms with Crippen molar-refractivity contribution in [3.8, 4) is 0 Å². The van der Waals surface area contributed by atoms with E-state index in [1.54, 1.807) is 30.3 Å². The molecule has 0 radical (unpaired) electrons. The molecule has 2 aromatic rings. The molecule has 3 rings (SSSR count). The molecule has 1 aromatic carbocycles. The number of hydrogen-bond donors (Lipinski definition) is 1. The van der Waals surface area contributed by atoms with Gasteiger partial charge in [0.15, 0.2) is 3.77 Å². The van der Waals surface area contributed by atoms with E-state index >= 15 is 0 Å². The monoisotopic (exact) mass is 500 g/mol. The minimum absolute atomic E-state index is 0.166. The SMILES string of the molecule is Cc1cc(N2C(=O)NC(=O)/C(=C\c3ccc(I)o3)C2=O)ccc1Br. The highest BCUT2D eigenvalue weighted by molar-refractivity contribution is 14.1. The van der Waals surface area contributed by atoms with E-state index in [4.69, 9.17) is 4.42 Å². The third-order valence-corrected chi connectivity index (χ3v) is 4.85. The lowest BCUT2D eigenvalue weighted by Gasteiger charge is -2.26. The normalized spacial score (nSPS) is 16.7. The van der Waals surface area contributed by atoms with Crippen molar-refractivity contribution in [3.05, 3.63) is 55.5 Å². The van der Waals surface area contributed by atoms with E-state index in [1.165, 1.54) is 6.08 Å². The number of carbonyl (C=O) groups excluding carboxylic acids is 3. The summed E-state index contributed by atoms with van der Waals surface area (Å²) in [4.78, 5) is 37.8. The van der Waals surface area contributed by atoms with Crippen LogP contribution in [0.25, 0.3) is 6.08 Å². The van der Waals surface area contributed by atoms with Gasteiger partial charge in [0.2, 0.25) is 0 Å². The topological polar surface area (TPSA) is 79.6 Å². The molecule has 0 unspecified atom stereocenters.